The standard InChI is InChI=1S/C20H19NO5S/c1-25-19(23)13-9-10-14-16(13)17(20(24)26-2)18(27-14)21-15(22)11-8-12-6-4-3-5-7-12/h3-8,11,13H,9-10H2,1-2H3,(H,21,22)/b11-8+. The molecule has 7 heteroatoms. The lowest BCUT2D eigenvalue weighted by atomic mass is 9.99. The second-order valence-electron chi connectivity index (χ2n) is 5.98. The predicted octanol–water partition coefficient (Wildman–Crippen LogP) is 3.39. The first-order valence-electron chi connectivity index (χ1n) is 8.41. The van der Waals surface area contributed by atoms with E-state index >= 15 is 0 Å². The Morgan fingerprint density at radius 3 is 2.56 bits per heavy atom. The second kappa shape index (κ2) is 8.18. The number of esters is 2. The summed E-state index contributed by atoms with van der Waals surface area (Å²) in [5, 5.41) is 3.13. The summed E-state index contributed by atoms with van der Waals surface area (Å²) in [4.78, 5) is 37.6. The number of carbonyl (C=O) groups excluding carboxylic acids is 3. The molecule has 3 rings (SSSR count). The number of rotatable bonds is 5. The molecule has 27 heavy (non-hydrogen) atoms. The topological polar surface area (TPSA) is 81.7 Å². The van der Waals surface area contributed by atoms with E-state index in [-0.39, 0.29) is 11.5 Å². The van der Waals surface area contributed by atoms with E-state index in [1.807, 2.05) is 30.3 Å². The molecule has 1 atom stereocenters. The number of hydrogen-bond donors (Lipinski definition) is 1. The number of nitrogens with one attached hydrogen (secondary N) is 1. The number of methoxy groups -OCH3 is 2. The molecule has 0 bridgehead atoms. The van der Waals surface area contributed by atoms with Crippen LogP contribution in [0.2, 0.25) is 0 Å². The molecule has 1 heterocycles. The number of amides is 1. The fraction of sp³-hybridized carbons (Fsp3) is 0.250. The minimum Gasteiger partial charge on any atom is -0.469 e. The molecular formula is C20H19NO5S. The van der Waals surface area contributed by atoms with Gasteiger partial charge in [0.2, 0.25) is 5.91 Å². The highest BCUT2D eigenvalue weighted by Gasteiger charge is 2.38. The average molecular weight is 385 g/mol. The van der Waals surface area contributed by atoms with Gasteiger partial charge in [0.25, 0.3) is 0 Å². The first-order chi connectivity index (χ1) is 13.0. The van der Waals surface area contributed by atoms with Crippen LogP contribution in [0.15, 0.2) is 36.4 Å². The molecule has 140 valence electrons. The third-order valence-electron chi connectivity index (χ3n) is 4.37. The third kappa shape index (κ3) is 3.93. The van der Waals surface area contributed by atoms with Gasteiger partial charge in [0.15, 0.2) is 0 Å². The number of thiophene rings is 1. The van der Waals surface area contributed by atoms with Gasteiger partial charge in [0, 0.05) is 11.0 Å². The molecule has 1 amide bonds. The van der Waals surface area contributed by atoms with E-state index in [4.69, 9.17) is 9.47 Å². The maximum atomic E-state index is 12.3. The minimum absolute atomic E-state index is 0.242. The summed E-state index contributed by atoms with van der Waals surface area (Å²) in [6.45, 7) is 0. The van der Waals surface area contributed by atoms with E-state index < -0.39 is 17.9 Å². The first kappa shape index (κ1) is 18.8. The summed E-state index contributed by atoms with van der Waals surface area (Å²) >= 11 is 1.30. The summed E-state index contributed by atoms with van der Waals surface area (Å²) in [7, 11) is 2.59. The SMILES string of the molecule is COC(=O)c1c(NC(=O)/C=C/c2ccccc2)sc2c1C(C(=O)OC)CC2. The van der Waals surface area contributed by atoms with E-state index in [0.717, 1.165) is 10.4 Å². The molecule has 1 unspecified atom stereocenters. The van der Waals surface area contributed by atoms with Crippen molar-refractivity contribution in [1.29, 1.82) is 0 Å². The van der Waals surface area contributed by atoms with Gasteiger partial charge in [-0.15, -0.1) is 11.3 Å². The first-order valence-corrected chi connectivity index (χ1v) is 9.22. The molecule has 1 N–H and O–H groups in total. The van der Waals surface area contributed by atoms with Crippen molar-refractivity contribution >= 4 is 40.3 Å². The van der Waals surface area contributed by atoms with E-state index in [2.05, 4.69) is 5.32 Å². The highest BCUT2D eigenvalue weighted by Crippen LogP contribution is 2.45. The van der Waals surface area contributed by atoms with Crippen molar-refractivity contribution in [1.82, 2.24) is 0 Å². The number of ether oxygens (including phenoxy) is 2. The number of carbonyl (C=O) groups is 3. The average Bonchev–Trinajstić information content (AvgIpc) is 3.24. The van der Waals surface area contributed by atoms with E-state index in [1.165, 1.54) is 31.6 Å². The summed E-state index contributed by atoms with van der Waals surface area (Å²) in [5.41, 5.74) is 1.74. The lowest BCUT2D eigenvalue weighted by Gasteiger charge is -2.11. The summed E-state index contributed by atoms with van der Waals surface area (Å²) in [5.74, 6) is -1.84. The maximum Gasteiger partial charge on any atom is 0.341 e. The van der Waals surface area contributed by atoms with Gasteiger partial charge in [-0.1, -0.05) is 30.3 Å². The Labute approximate surface area is 160 Å². The minimum atomic E-state index is -0.578. The van der Waals surface area contributed by atoms with Gasteiger partial charge in [-0.2, -0.15) is 0 Å². The fourth-order valence-corrected chi connectivity index (χ4v) is 4.39. The van der Waals surface area contributed by atoms with Crippen molar-refractivity contribution in [3.63, 3.8) is 0 Å². The highest BCUT2D eigenvalue weighted by molar-refractivity contribution is 7.17. The van der Waals surface area contributed by atoms with Crippen molar-refractivity contribution in [3.05, 3.63) is 58.0 Å². The van der Waals surface area contributed by atoms with Crippen LogP contribution < -0.4 is 5.32 Å². The van der Waals surface area contributed by atoms with Crippen LogP contribution in [-0.2, 0) is 25.5 Å². The van der Waals surface area contributed by atoms with Crippen LogP contribution in [0.1, 0.15) is 38.7 Å². The van der Waals surface area contributed by atoms with Gasteiger partial charge in [-0.05, 0) is 30.0 Å². The van der Waals surface area contributed by atoms with Crippen molar-refractivity contribution in [2.24, 2.45) is 0 Å². The van der Waals surface area contributed by atoms with Gasteiger partial charge >= 0.3 is 11.9 Å². The van der Waals surface area contributed by atoms with Crippen LogP contribution in [0.25, 0.3) is 6.08 Å². The number of fused-ring (bicyclic) bond motifs is 1. The smallest absolute Gasteiger partial charge is 0.341 e. The zero-order chi connectivity index (χ0) is 19.4. The highest BCUT2D eigenvalue weighted by atomic mass is 32.1. The van der Waals surface area contributed by atoms with Gasteiger partial charge in [0.1, 0.15) is 5.00 Å². The van der Waals surface area contributed by atoms with E-state index in [1.54, 1.807) is 6.08 Å². The molecular weight excluding hydrogens is 366 g/mol. The molecule has 0 saturated carbocycles. The number of anilines is 1. The molecule has 1 aliphatic carbocycles. The van der Waals surface area contributed by atoms with Crippen molar-refractivity contribution in [2.75, 3.05) is 19.5 Å². The molecule has 0 fully saturated rings. The Morgan fingerprint density at radius 1 is 1.15 bits per heavy atom. The molecule has 0 radical (unpaired) electrons. The zero-order valence-corrected chi connectivity index (χ0v) is 15.8. The molecule has 0 aliphatic heterocycles. The third-order valence-corrected chi connectivity index (χ3v) is 5.55. The number of aryl methyl sites for hydroxylation is 1. The lowest BCUT2D eigenvalue weighted by molar-refractivity contribution is -0.142. The Balaban J connectivity index is 1.88. The number of hydrogen-bond acceptors (Lipinski definition) is 6. The molecule has 0 saturated heterocycles. The Hall–Kier alpha value is -2.93. The van der Waals surface area contributed by atoms with Crippen LogP contribution in [0.5, 0.6) is 0 Å². The Bertz CT molecular complexity index is 901. The normalized spacial score (nSPS) is 15.4. The molecule has 0 spiro atoms. The maximum absolute atomic E-state index is 12.3. The molecule has 1 aromatic carbocycles. The van der Waals surface area contributed by atoms with Crippen LogP contribution in [0.3, 0.4) is 0 Å². The molecule has 1 aliphatic rings. The number of benzene rings is 1. The lowest BCUT2D eigenvalue weighted by Crippen LogP contribution is -2.16. The van der Waals surface area contributed by atoms with Crippen LogP contribution in [0, 0.1) is 0 Å². The monoisotopic (exact) mass is 385 g/mol. The second-order valence-corrected chi connectivity index (χ2v) is 7.09. The summed E-state index contributed by atoms with van der Waals surface area (Å²) in [6.07, 6.45) is 4.32. The van der Waals surface area contributed by atoms with Crippen LogP contribution in [-0.4, -0.2) is 32.1 Å². The molecule has 1 aromatic heterocycles. The summed E-state index contributed by atoms with van der Waals surface area (Å²) < 4.78 is 9.73. The fourth-order valence-electron chi connectivity index (χ4n) is 3.13. The largest absolute Gasteiger partial charge is 0.469 e. The van der Waals surface area contributed by atoms with Crippen LogP contribution in [0.4, 0.5) is 5.00 Å². The predicted molar refractivity (Wildman–Crippen MR) is 103 cm³/mol. The van der Waals surface area contributed by atoms with Gasteiger partial charge in [0.05, 0.1) is 25.7 Å². The zero-order valence-electron chi connectivity index (χ0n) is 15.0. The molecule has 6 nitrogen and oxygen atoms in total. The van der Waals surface area contributed by atoms with Crippen molar-refractivity contribution in [3.8, 4) is 0 Å². The van der Waals surface area contributed by atoms with Crippen LogP contribution >= 0.6 is 11.3 Å². The Kier molecular flexibility index (Phi) is 5.71. The van der Waals surface area contributed by atoms with E-state index in [0.29, 0.717) is 23.4 Å². The Morgan fingerprint density at radius 2 is 1.89 bits per heavy atom. The van der Waals surface area contributed by atoms with Crippen molar-refractivity contribution in [2.45, 2.75) is 18.8 Å². The van der Waals surface area contributed by atoms with Crippen molar-refractivity contribution < 1.29 is 23.9 Å². The van der Waals surface area contributed by atoms with E-state index in [9.17, 15) is 14.4 Å². The summed E-state index contributed by atoms with van der Waals surface area (Å²) in [6, 6.07) is 9.41. The molecule has 2 aromatic rings. The van der Waals surface area contributed by atoms with Gasteiger partial charge in [-0.3, -0.25) is 9.59 Å². The van der Waals surface area contributed by atoms with Gasteiger partial charge < -0.3 is 14.8 Å². The quantitative estimate of drug-likeness (QED) is 0.630. The van der Waals surface area contributed by atoms with Gasteiger partial charge in [-0.25, -0.2) is 4.79 Å².